The molecule has 0 spiro atoms. The van der Waals surface area contributed by atoms with Gasteiger partial charge in [0.25, 0.3) is 0 Å². The summed E-state index contributed by atoms with van der Waals surface area (Å²) >= 11 is 5.95. The zero-order valence-electron chi connectivity index (χ0n) is 11.6. The van der Waals surface area contributed by atoms with Crippen molar-refractivity contribution in [3.05, 3.63) is 34.9 Å². The van der Waals surface area contributed by atoms with Gasteiger partial charge in [0.05, 0.1) is 0 Å². The molecule has 0 amide bonds. The Morgan fingerprint density at radius 1 is 1.37 bits per heavy atom. The van der Waals surface area contributed by atoms with Crippen LogP contribution in [-0.2, 0) is 5.67 Å². The fourth-order valence-electron chi connectivity index (χ4n) is 2.70. The van der Waals surface area contributed by atoms with Gasteiger partial charge in [-0.25, -0.2) is 4.39 Å². The molecule has 1 aliphatic heterocycles. The summed E-state index contributed by atoms with van der Waals surface area (Å²) in [7, 11) is 0. The van der Waals surface area contributed by atoms with E-state index in [-0.39, 0.29) is 5.54 Å². The average Bonchev–Trinajstić information content (AvgIpc) is 2.31. The van der Waals surface area contributed by atoms with Crippen molar-refractivity contribution in [1.82, 2.24) is 4.90 Å². The summed E-state index contributed by atoms with van der Waals surface area (Å²) in [5.41, 5.74) is 5.23. The number of alkyl halides is 1. The molecule has 0 unspecified atom stereocenters. The topological polar surface area (TPSA) is 29.3 Å². The maximum Gasteiger partial charge on any atom is 0.138 e. The van der Waals surface area contributed by atoms with Crippen molar-refractivity contribution < 1.29 is 4.39 Å². The maximum absolute atomic E-state index is 15.0. The van der Waals surface area contributed by atoms with Gasteiger partial charge in [-0.15, -0.1) is 0 Å². The van der Waals surface area contributed by atoms with E-state index in [9.17, 15) is 4.39 Å². The number of benzene rings is 1. The van der Waals surface area contributed by atoms with Gasteiger partial charge in [-0.05, 0) is 44.4 Å². The van der Waals surface area contributed by atoms with Crippen LogP contribution in [0.2, 0.25) is 5.02 Å². The molecule has 1 aromatic carbocycles. The molecular formula is C15H22ClFN2. The van der Waals surface area contributed by atoms with Gasteiger partial charge in [0, 0.05) is 30.2 Å². The van der Waals surface area contributed by atoms with Crippen LogP contribution in [0.1, 0.15) is 32.3 Å². The quantitative estimate of drug-likeness (QED) is 0.922. The Labute approximate surface area is 119 Å². The van der Waals surface area contributed by atoms with Crippen molar-refractivity contribution >= 4 is 11.6 Å². The molecule has 106 valence electrons. The van der Waals surface area contributed by atoms with Crippen LogP contribution in [0.5, 0.6) is 0 Å². The molecule has 0 aromatic heterocycles. The minimum atomic E-state index is -1.25. The second-order valence-corrected chi connectivity index (χ2v) is 6.68. The Bertz CT molecular complexity index is 434. The lowest BCUT2D eigenvalue weighted by Crippen LogP contribution is -2.49. The third-order valence-corrected chi connectivity index (χ3v) is 3.86. The first kappa shape index (κ1) is 14.8. The molecule has 0 atom stereocenters. The largest absolute Gasteiger partial charge is 0.324 e. The molecule has 1 heterocycles. The predicted octanol–water partition coefficient (Wildman–Crippen LogP) is 3.34. The Kier molecular flexibility index (Phi) is 4.19. The monoisotopic (exact) mass is 284 g/mol. The summed E-state index contributed by atoms with van der Waals surface area (Å²) < 4.78 is 15.0. The number of nitrogens with two attached hydrogens (primary N) is 1. The van der Waals surface area contributed by atoms with Gasteiger partial charge in [0.1, 0.15) is 5.67 Å². The summed E-state index contributed by atoms with van der Waals surface area (Å²) in [4.78, 5) is 2.24. The lowest BCUT2D eigenvalue weighted by molar-refractivity contribution is 0.0484. The first-order chi connectivity index (χ1) is 8.78. The smallest absolute Gasteiger partial charge is 0.138 e. The van der Waals surface area contributed by atoms with Gasteiger partial charge < -0.3 is 10.6 Å². The minimum Gasteiger partial charge on any atom is -0.324 e. The van der Waals surface area contributed by atoms with E-state index in [1.807, 2.05) is 26.0 Å². The van der Waals surface area contributed by atoms with Crippen molar-refractivity contribution in [2.75, 3.05) is 19.6 Å². The zero-order valence-corrected chi connectivity index (χ0v) is 12.4. The second kappa shape index (κ2) is 5.39. The van der Waals surface area contributed by atoms with E-state index >= 15 is 0 Å². The fraction of sp³-hybridized carbons (Fsp3) is 0.600. The summed E-state index contributed by atoms with van der Waals surface area (Å²) in [6.45, 7) is 6.29. The van der Waals surface area contributed by atoms with Crippen molar-refractivity contribution in [3.63, 3.8) is 0 Å². The average molecular weight is 285 g/mol. The van der Waals surface area contributed by atoms with Crippen molar-refractivity contribution in [2.24, 2.45) is 5.73 Å². The highest BCUT2D eigenvalue weighted by Crippen LogP contribution is 2.37. The first-order valence-corrected chi connectivity index (χ1v) is 7.13. The van der Waals surface area contributed by atoms with Gasteiger partial charge in [-0.1, -0.05) is 23.7 Å². The highest BCUT2D eigenvalue weighted by Gasteiger charge is 2.37. The molecule has 2 N–H and O–H groups in total. The van der Waals surface area contributed by atoms with Crippen LogP contribution < -0.4 is 5.73 Å². The maximum atomic E-state index is 15.0. The number of hydrogen-bond donors (Lipinski definition) is 1. The zero-order chi connectivity index (χ0) is 14.1. The number of rotatable bonds is 3. The first-order valence-electron chi connectivity index (χ1n) is 6.75. The Hall–Kier alpha value is -0.640. The minimum absolute atomic E-state index is 0.230. The fourth-order valence-corrected chi connectivity index (χ4v) is 2.89. The normalized spacial score (nSPS) is 20.5. The molecule has 4 heteroatoms. The van der Waals surface area contributed by atoms with Gasteiger partial charge in [0.15, 0.2) is 0 Å². The highest BCUT2D eigenvalue weighted by molar-refractivity contribution is 6.30. The van der Waals surface area contributed by atoms with E-state index in [1.54, 1.807) is 12.1 Å². The highest BCUT2D eigenvalue weighted by atomic mass is 35.5. The molecule has 2 nitrogen and oxygen atoms in total. The van der Waals surface area contributed by atoms with Crippen molar-refractivity contribution in [2.45, 2.75) is 37.9 Å². The lowest BCUT2D eigenvalue weighted by Gasteiger charge is -2.39. The standard InChI is InChI=1S/C15H22ClFN2/c1-14(2,18)11-19-8-6-15(17,7-9-19)12-4-3-5-13(16)10-12/h3-5,10H,6-9,11,18H2,1-2H3. The van der Waals surface area contributed by atoms with E-state index < -0.39 is 5.67 Å². The molecule has 1 saturated heterocycles. The van der Waals surface area contributed by atoms with Crippen molar-refractivity contribution in [1.29, 1.82) is 0 Å². The number of likely N-dealkylation sites (tertiary alicyclic amines) is 1. The SMILES string of the molecule is CC(C)(N)CN1CCC(F)(c2cccc(Cl)c2)CC1. The predicted molar refractivity (Wildman–Crippen MR) is 78.2 cm³/mol. The van der Waals surface area contributed by atoms with Crippen LogP contribution in [0.3, 0.4) is 0 Å². The molecule has 0 saturated carbocycles. The number of halogens is 2. The molecule has 1 fully saturated rings. The summed E-state index contributed by atoms with van der Waals surface area (Å²) in [5, 5.41) is 0.597. The van der Waals surface area contributed by atoms with Gasteiger partial charge in [0.2, 0.25) is 0 Å². The van der Waals surface area contributed by atoms with Gasteiger partial charge >= 0.3 is 0 Å². The van der Waals surface area contributed by atoms with E-state index in [4.69, 9.17) is 17.3 Å². The molecular weight excluding hydrogens is 263 g/mol. The Morgan fingerprint density at radius 3 is 2.53 bits per heavy atom. The molecule has 0 radical (unpaired) electrons. The Morgan fingerprint density at radius 2 is 2.00 bits per heavy atom. The van der Waals surface area contributed by atoms with Crippen LogP contribution in [0.25, 0.3) is 0 Å². The molecule has 0 bridgehead atoms. The summed E-state index contributed by atoms with van der Waals surface area (Å²) in [6, 6.07) is 7.16. The van der Waals surface area contributed by atoms with E-state index in [1.165, 1.54) is 0 Å². The molecule has 19 heavy (non-hydrogen) atoms. The lowest BCUT2D eigenvalue weighted by atomic mass is 9.86. The summed E-state index contributed by atoms with van der Waals surface area (Å²) in [5.74, 6) is 0. The van der Waals surface area contributed by atoms with Crippen LogP contribution in [-0.4, -0.2) is 30.1 Å². The molecule has 0 aliphatic carbocycles. The summed E-state index contributed by atoms with van der Waals surface area (Å²) in [6.07, 6.45) is 1.01. The van der Waals surface area contributed by atoms with E-state index in [2.05, 4.69) is 4.90 Å². The van der Waals surface area contributed by atoms with E-state index in [0.29, 0.717) is 23.4 Å². The van der Waals surface area contributed by atoms with Crippen LogP contribution in [0, 0.1) is 0 Å². The number of piperidine rings is 1. The van der Waals surface area contributed by atoms with Crippen molar-refractivity contribution in [3.8, 4) is 0 Å². The van der Waals surface area contributed by atoms with Crippen LogP contribution >= 0.6 is 11.6 Å². The molecule has 2 rings (SSSR count). The van der Waals surface area contributed by atoms with Gasteiger partial charge in [-0.3, -0.25) is 0 Å². The molecule has 1 aliphatic rings. The second-order valence-electron chi connectivity index (χ2n) is 6.24. The van der Waals surface area contributed by atoms with Crippen LogP contribution in [0.4, 0.5) is 4.39 Å². The number of nitrogens with zero attached hydrogens (tertiary/aromatic N) is 1. The van der Waals surface area contributed by atoms with Gasteiger partial charge in [-0.2, -0.15) is 0 Å². The van der Waals surface area contributed by atoms with Crippen LogP contribution in [0.15, 0.2) is 24.3 Å². The number of hydrogen-bond acceptors (Lipinski definition) is 2. The third-order valence-electron chi connectivity index (χ3n) is 3.62. The third kappa shape index (κ3) is 3.91. The van der Waals surface area contributed by atoms with E-state index in [0.717, 1.165) is 19.6 Å². The molecule has 1 aromatic rings. The Balaban J connectivity index is 2.02.